The standard InChI is InChI=1S/C17H30ClN5/c1-19-16(20-13-17(21(2)3)8-6-7-9-17)23(5)12-15-10-14(18)11-22(15)4/h10-11H,6-9,12-13H2,1-5H3,(H,19,20). The normalized spacial score (nSPS) is 17.8. The van der Waals surface area contributed by atoms with Crippen molar-refractivity contribution in [3.05, 3.63) is 23.0 Å². The second-order valence-corrected chi connectivity index (χ2v) is 7.28. The van der Waals surface area contributed by atoms with E-state index in [1.54, 1.807) is 0 Å². The average molecular weight is 340 g/mol. The molecule has 1 fully saturated rings. The first-order valence-electron chi connectivity index (χ1n) is 8.28. The van der Waals surface area contributed by atoms with Gasteiger partial charge in [-0.1, -0.05) is 24.4 Å². The summed E-state index contributed by atoms with van der Waals surface area (Å²) in [5, 5.41) is 4.35. The number of guanidine groups is 1. The zero-order valence-electron chi connectivity index (χ0n) is 15.1. The first-order valence-corrected chi connectivity index (χ1v) is 8.66. The molecule has 0 saturated heterocycles. The van der Waals surface area contributed by atoms with Crippen LogP contribution in [0.1, 0.15) is 31.4 Å². The summed E-state index contributed by atoms with van der Waals surface area (Å²) in [6, 6.07) is 2.00. The number of likely N-dealkylation sites (N-methyl/N-ethyl adjacent to an activating group) is 1. The number of nitrogens with one attached hydrogen (secondary N) is 1. The third kappa shape index (κ3) is 4.21. The second kappa shape index (κ2) is 7.58. The molecular formula is C17H30ClN5. The molecule has 1 aliphatic rings. The fourth-order valence-electron chi connectivity index (χ4n) is 3.48. The van der Waals surface area contributed by atoms with Gasteiger partial charge in [-0.3, -0.25) is 4.99 Å². The molecule has 130 valence electrons. The van der Waals surface area contributed by atoms with Crippen molar-refractivity contribution < 1.29 is 0 Å². The number of aryl methyl sites for hydroxylation is 1. The highest BCUT2D eigenvalue weighted by Crippen LogP contribution is 2.33. The van der Waals surface area contributed by atoms with Crippen molar-refractivity contribution in [1.82, 2.24) is 19.7 Å². The molecule has 0 aromatic carbocycles. The minimum Gasteiger partial charge on any atom is -0.354 e. The van der Waals surface area contributed by atoms with Crippen molar-refractivity contribution >= 4 is 17.6 Å². The molecular weight excluding hydrogens is 310 g/mol. The summed E-state index contributed by atoms with van der Waals surface area (Å²) in [4.78, 5) is 8.96. The number of rotatable bonds is 5. The molecule has 23 heavy (non-hydrogen) atoms. The lowest BCUT2D eigenvalue weighted by molar-refractivity contribution is 0.159. The Labute approximate surface area is 145 Å². The molecule has 1 aromatic rings. The Morgan fingerprint density at radius 3 is 2.48 bits per heavy atom. The van der Waals surface area contributed by atoms with E-state index < -0.39 is 0 Å². The van der Waals surface area contributed by atoms with E-state index in [0.29, 0.717) is 0 Å². The summed E-state index contributed by atoms with van der Waals surface area (Å²) in [5.74, 6) is 0.926. The predicted molar refractivity (Wildman–Crippen MR) is 98.1 cm³/mol. The molecule has 6 heteroatoms. The van der Waals surface area contributed by atoms with Crippen molar-refractivity contribution in [2.24, 2.45) is 12.0 Å². The lowest BCUT2D eigenvalue weighted by Gasteiger charge is -2.37. The zero-order valence-corrected chi connectivity index (χ0v) is 15.8. The molecule has 1 saturated carbocycles. The van der Waals surface area contributed by atoms with Crippen molar-refractivity contribution in [2.75, 3.05) is 34.7 Å². The first-order chi connectivity index (χ1) is 10.9. The largest absolute Gasteiger partial charge is 0.354 e. The van der Waals surface area contributed by atoms with Crippen LogP contribution in [0.5, 0.6) is 0 Å². The van der Waals surface area contributed by atoms with Crippen LogP contribution in [0.25, 0.3) is 0 Å². The van der Waals surface area contributed by atoms with Crippen LogP contribution in [-0.4, -0.2) is 60.6 Å². The van der Waals surface area contributed by atoms with Gasteiger partial charge in [0.2, 0.25) is 0 Å². The molecule has 5 nitrogen and oxygen atoms in total. The Kier molecular flexibility index (Phi) is 5.98. The number of halogens is 1. The van der Waals surface area contributed by atoms with Crippen molar-refractivity contribution in [3.63, 3.8) is 0 Å². The molecule has 0 unspecified atom stereocenters. The summed E-state index contributed by atoms with van der Waals surface area (Å²) in [7, 11) is 10.3. The molecule has 1 N–H and O–H groups in total. The molecule has 0 aliphatic heterocycles. The van der Waals surface area contributed by atoms with E-state index in [1.165, 1.54) is 31.4 Å². The lowest BCUT2D eigenvalue weighted by Crippen LogP contribution is -2.53. The van der Waals surface area contributed by atoms with Gasteiger partial charge in [0.15, 0.2) is 5.96 Å². The number of hydrogen-bond donors (Lipinski definition) is 1. The minimum atomic E-state index is 0.255. The van der Waals surface area contributed by atoms with E-state index in [-0.39, 0.29) is 5.54 Å². The van der Waals surface area contributed by atoms with Crippen molar-refractivity contribution in [1.29, 1.82) is 0 Å². The van der Waals surface area contributed by atoms with E-state index in [9.17, 15) is 0 Å². The first kappa shape index (κ1) is 18.1. The maximum atomic E-state index is 6.07. The van der Waals surface area contributed by atoms with Gasteiger partial charge in [-0.05, 0) is 33.0 Å². The minimum absolute atomic E-state index is 0.255. The van der Waals surface area contributed by atoms with Crippen LogP contribution >= 0.6 is 11.6 Å². The van der Waals surface area contributed by atoms with Gasteiger partial charge < -0.3 is 19.7 Å². The molecule has 0 spiro atoms. The fraction of sp³-hybridized carbons (Fsp3) is 0.706. The van der Waals surface area contributed by atoms with Gasteiger partial charge in [-0.25, -0.2) is 0 Å². The van der Waals surface area contributed by atoms with E-state index in [2.05, 4.69) is 45.8 Å². The summed E-state index contributed by atoms with van der Waals surface area (Å²) in [6.45, 7) is 1.71. The van der Waals surface area contributed by atoms with Crippen LogP contribution in [0.4, 0.5) is 0 Å². The van der Waals surface area contributed by atoms with Gasteiger partial charge >= 0.3 is 0 Å². The third-order valence-electron chi connectivity index (χ3n) is 5.11. The fourth-order valence-corrected chi connectivity index (χ4v) is 3.76. The van der Waals surface area contributed by atoms with Gasteiger partial charge in [-0.15, -0.1) is 0 Å². The van der Waals surface area contributed by atoms with Crippen LogP contribution in [0.2, 0.25) is 5.02 Å². The van der Waals surface area contributed by atoms with Gasteiger partial charge in [0.05, 0.1) is 11.6 Å². The Bertz CT molecular complexity index is 543. The zero-order chi connectivity index (χ0) is 17.0. The molecule has 0 amide bonds. The SMILES string of the molecule is CN=C(NCC1(N(C)C)CCCC1)N(C)Cc1cc(Cl)cn1C. The Morgan fingerprint density at radius 2 is 2.00 bits per heavy atom. The van der Waals surface area contributed by atoms with Gasteiger partial charge in [0.25, 0.3) is 0 Å². The maximum absolute atomic E-state index is 6.07. The number of aliphatic imine (C=N–C) groups is 1. The lowest BCUT2D eigenvalue weighted by atomic mass is 9.96. The molecule has 0 radical (unpaired) electrons. The molecule has 2 rings (SSSR count). The van der Waals surface area contributed by atoms with Crippen LogP contribution in [0.3, 0.4) is 0 Å². The second-order valence-electron chi connectivity index (χ2n) is 6.84. The summed E-state index contributed by atoms with van der Waals surface area (Å²) in [6.07, 6.45) is 7.06. The highest BCUT2D eigenvalue weighted by atomic mass is 35.5. The highest BCUT2D eigenvalue weighted by Gasteiger charge is 2.36. The molecule has 1 aromatic heterocycles. The third-order valence-corrected chi connectivity index (χ3v) is 5.31. The average Bonchev–Trinajstić information content (AvgIpc) is 3.08. The van der Waals surface area contributed by atoms with E-state index in [0.717, 1.165) is 24.1 Å². The highest BCUT2D eigenvalue weighted by molar-refractivity contribution is 6.30. The van der Waals surface area contributed by atoms with Crippen molar-refractivity contribution in [2.45, 2.75) is 37.8 Å². The van der Waals surface area contributed by atoms with E-state index >= 15 is 0 Å². The Hall–Kier alpha value is -1.20. The number of aromatic nitrogens is 1. The van der Waals surface area contributed by atoms with E-state index in [4.69, 9.17) is 11.6 Å². The summed E-state index contributed by atoms with van der Waals surface area (Å²) >= 11 is 6.07. The number of hydrogen-bond acceptors (Lipinski definition) is 2. The van der Waals surface area contributed by atoms with Gasteiger partial charge in [0, 0.05) is 45.1 Å². The topological polar surface area (TPSA) is 35.8 Å². The van der Waals surface area contributed by atoms with E-state index in [1.807, 2.05) is 26.4 Å². The summed E-state index contributed by atoms with van der Waals surface area (Å²) in [5.41, 5.74) is 1.43. The summed E-state index contributed by atoms with van der Waals surface area (Å²) < 4.78 is 2.06. The van der Waals surface area contributed by atoms with Gasteiger partial charge in [0.1, 0.15) is 0 Å². The quantitative estimate of drug-likeness (QED) is 0.661. The molecule has 0 atom stereocenters. The smallest absolute Gasteiger partial charge is 0.193 e. The molecule has 1 heterocycles. The molecule has 1 aliphatic carbocycles. The Balaban J connectivity index is 1.98. The van der Waals surface area contributed by atoms with Crippen LogP contribution in [-0.2, 0) is 13.6 Å². The Morgan fingerprint density at radius 1 is 1.35 bits per heavy atom. The number of nitrogens with zero attached hydrogens (tertiary/aromatic N) is 4. The molecule has 0 bridgehead atoms. The monoisotopic (exact) mass is 339 g/mol. The van der Waals surface area contributed by atoms with Crippen LogP contribution in [0, 0.1) is 0 Å². The van der Waals surface area contributed by atoms with Crippen LogP contribution in [0.15, 0.2) is 17.3 Å². The van der Waals surface area contributed by atoms with Crippen LogP contribution < -0.4 is 5.32 Å². The predicted octanol–water partition coefficient (Wildman–Crippen LogP) is 2.56. The van der Waals surface area contributed by atoms with Crippen molar-refractivity contribution in [3.8, 4) is 0 Å². The maximum Gasteiger partial charge on any atom is 0.193 e. The van der Waals surface area contributed by atoms with Gasteiger partial charge in [-0.2, -0.15) is 0 Å².